The lowest BCUT2D eigenvalue weighted by Gasteiger charge is -2.16. The molecule has 0 bridgehead atoms. The molecule has 0 aromatic rings. The van der Waals surface area contributed by atoms with Crippen LogP contribution in [0, 0.1) is 18.3 Å². The van der Waals surface area contributed by atoms with Crippen LogP contribution in [0.15, 0.2) is 0 Å². The molecule has 1 unspecified atom stereocenters. The van der Waals surface area contributed by atoms with Gasteiger partial charge in [-0.25, -0.2) is 0 Å². The highest BCUT2D eigenvalue weighted by molar-refractivity contribution is 4.83. The van der Waals surface area contributed by atoms with Crippen LogP contribution >= 0.6 is 0 Å². The van der Waals surface area contributed by atoms with E-state index in [1.165, 1.54) is 51.4 Å². The van der Waals surface area contributed by atoms with Crippen molar-refractivity contribution in [3.05, 3.63) is 0 Å². The SMILES string of the molecule is C#CCCCCNC(C)CCC1CCCC1. The average molecular weight is 221 g/mol. The zero-order valence-electron chi connectivity index (χ0n) is 10.8. The van der Waals surface area contributed by atoms with Crippen LogP contribution in [0.25, 0.3) is 0 Å². The van der Waals surface area contributed by atoms with Crippen molar-refractivity contribution in [2.45, 2.75) is 70.8 Å². The van der Waals surface area contributed by atoms with Crippen LogP contribution in [0.4, 0.5) is 0 Å². The van der Waals surface area contributed by atoms with Gasteiger partial charge in [0.05, 0.1) is 0 Å². The quantitative estimate of drug-likeness (QED) is 0.486. The van der Waals surface area contributed by atoms with E-state index in [0.29, 0.717) is 6.04 Å². The van der Waals surface area contributed by atoms with Gasteiger partial charge in [-0.15, -0.1) is 12.3 Å². The summed E-state index contributed by atoms with van der Waals surface area (Å²) in [6.45, 7) is 3.45. The van der Waals surface area contributed by atoms with Crippen LogP contribution in [-0.2, 0) is 0 Å². The Bertz CT molecular complexity index is 198. The first kappa shape index (κ1) is 13.6. The fraction of sp³-hybridized carbons (Fsp3) is 0.867. The van der Waals surface area contributed by atoms with E-state index in [4.69, 9.17) is 6.42 Å². The first-order chi connectivity index (χ1) is 7.83. The van der Waals surface area contributed by atoms with Gasteiger partial charge in [0.1, 0.15) is 0 Å². The lowest BCUT2D eigenvalue weighted by molar-refractivity contribution is 0.417. The van der Waals surface area contributed by atoms with Crippen LogP contribution in [0.2, 0.25) is 0 Å². The highest BCUT2D eigenvalue weighted by atomic mass is 14.9. The van der Waals surface area contributed by atoms with Gasteiger partial charge in [-0.2, -0.15) is 0 Å². The Morgan fingerprint density at radius 2 is 2.06 bits per heavy atom. The average Bonchev–Trinajstić information content (AvgIpc) is 2.79. The first-order valence-corrected chi connectivity index (χ1v) is 6.99. The maximum absolute atomic E-state index is 5.22. The van der Waals surface area contributed by atoms with Crippen molar-refractivity contribution in [3.63, 3.8) is 0 Å². The molecule has 0 spiro atoms. The van der Waals surface area contributed by atoms with Gasteiger partial charge in [0, 0.05) is 12.5 Å². The molecular formula is C15H27N. The Hall–Kier alpha value is -0.480. The molecule has 1 saturated carbocycles. The second-order valence-electron chi connectivity index (χ2n) is 5.24. The third-order valence-electron chi connectivity index (χ3n) is 3.72. The maximum atomic E-state index is 5.22. The Morgan fingerprint density at radius 1 is 1.31 bits per heavy atom. The van der Waals surface area contributed by atoms with Gasteiger partial charge in [-0.3, -0.25) is 0 Å². The lowest BCUT2D eigenvalue weighted by atomic mass is 9.99. The van der Waals surface area contributed by atoms with Crippen LogP contribution in [0.1, 0.15) is 64.7 Å². The molecule has 92 valence electrons. The van der Waals surface area contributed by atoms with Gasteiger partial charge in [0.25, 0.3) is 0 Å². The topological polar surface area (TPSA) is 12.0 Å². The van der Waals surface area contributed by atoms with E-state index in [1.807, 2.05) is 0 Å². The minimum absolute atomic E-state index is 0.687. The Kier molecular flexibility index (Phi) is 7.34. The molecule has 1 rings (SSSR count). The highest BCUT2D eigenvalue weighted by Gasteiger charge is 2.15. The van der Waals surface area contributed by atoms with Crippen LogP contribution in [-0.4, -0.2) is 12.6 Å². The molecule has 0 radical (unpaired) electrons. The van der Waals surface area contributed by atoms with Gasteiger partial charge in [-0.05, 0) is 45.1 Å². The molecule has 0 saturated heterocycles. The predicted octanol–water partition coefficient (Wildman–Crippen LogP) is 3.74. The van der Waals surface area contributed by atoms with Crippen LogP contribution < -0.4 is 5.32 Å². The highest BCUT2D eigenvalue weighted by Crippen LogP contribution is 2.28. The fourth-order valence-electron chi connectivity index (χ4n) is 2.59. The smallest absolute Gasteiger partial charge is 0.00865 e. The number of terminal acetylenes is 1. The summed E-state index contributed by atoms with van der Waals surface area (Å²) in [7, 11) is 0. The second kappa shape index (κ2) is 8.65. The van der Waals surface area contributed by atoms with Crippen LogP contribution in [0.3, 0.4) is 0 Å². The first-order valence-electron chi connectivity index (χ1n) is 6.99. The summed E-state index contributed by atoms with van der Waals surface area (Å²) in [5.41, 5.74) is 0. The molecule has 1 aliphatic rings. The van der Waals surface area contributed by atoms with E-state index < -0.39 is 0 Å². The van der Waals surface area contributed by atoms with E-state index in [0.717, 1.165) is 18.9 Å². The molecule has 0 aromatic heterocycles. The third-order valence-corrected chi connectivity index (χ3v) is 3.72. The van der Waals surface area contributed by atoms with Gasteiger partial charge in [-0.1, -0.05) is 25.7 Å². The zero-order chi connectivity index (χ0) is 11.6. The van der Waals surface area contributed by atoms with Crippen molar-refractivity contribution in [1.29, 1.82) is 0 Å². The molecular weight excluding hydrogens is 194 g/mol. The van der Waals surface area contributed by atoms with E-state index in [-0.39, 0.29) is 0 Å². The molecule has 1 heteroatoms. The summed E-state index contributed by atoms with van der Waals surface area (Å²) in [5, 5.41) is 3.60. The van der Waals surface area contributed by atoms with Crippen molar-refractivity contribution in [3.8, 4) is 12.3 Å². The molecule has 0 aliphatic heterocycles. The van der Waals surface area contributed by atoms with Gasteiger partial charge in [0.2, 0.25) is 0 Å². The van der Waals surface area contributed by atoms with Gasteiger partial charge < -0.3 is 5.32 Å². The Morgan fingerprint density at radius 3 is 2.75 bits per heavy atom. The lowest BCUT2D eigenvalue weighted by Crippen LogP contribution is -2.27. The number of hydrogen-bond acceptors (Lipinski definition) is 1. The predicted molar refractivity (Wildman–Crippen MR) is 71.3 cm³/mol. The third kappa shape index (κ3) is 6.18. The van der Waals surface area contributed by atoms with Crippen molar-refractivity contribution in [2.75, 3.05) is 6.54 Å². The molecule has 1 nitrogen and oxygen atoms in total. The van der Waals surface area contributed by atoms with Crippen molar-refractivity contribution in [1.82, 2.24) is 5.32 Å². The number of unbranched alkanes of at least 4 members (excludes halogenated alkanes) is 2. The molecule has 0 heterocycles. The number of hydrogen-bond donors (Lipinski definition) is 1. The van der Waals surface area contributed by atoms with E-state index >= 15 is 0 Å². The maximum Gasteiger partial charge on any atom is 0.00865 e. The van der Waals surface area contributed by atoms with Gasteiger partial charge >= 0.3 is 0 Å². The minimum Gasteiger partial charge on any atom is -0.314 e. The summed E-state index contributed by atoms with van der Waals surface area (Å²) < 4.78 is 0. The summed E-state index contributed by atoms with van der Waals surface area (Å²) in [6.07, 6.45) is 17.2. The van der Waals surface area contributed by atoms with Crippen molar-refractivity contribution < 1.29 is 0 Å². The van der Waals surface area contributed by atoms with E-state index in [1.54, 1.807) is 0 Å². The normalized spacial score (nSPS) is 18.5. The summed E-state index contributed by atoms with van der Waals surface area (Å²) in [6, 6.07) is 0.687. The van der Waals surface area contributed by atoms with Crippen molar-refractivity contribution in [2.24, 2.45) is 5.92 Å². The van der Waals surface area contributed by atoms with Crippen LogP contribution in [0.5, 0.6) is 0 Å². The molecule has 0 amide bonds. The molecule has 16 heavy (non-hydrogen) atoms. The summed E-state index contributed by atoms with van der Waals surface area (Å²) in [5.74, 6) is 3.72. The summed E-state index contributed by atoms with van der Waals surface area (Å²) >= 11 is 0. The molecule has 1 aliphatic carbocycles. The molecule has 0 aromatic carbocycles. The second-order valence-corrected chi connectivity index (χ2v) is 5.24. The number of nitrogens with one attached hydrogen (secondary N) is 1. The van der Waals surface area contributed by atoms with E-state index in [2.05, 4.69) is 18.2 Å². The standard InChI is InChI=1S/C15H27N/c1-3-4-5-8-13-16-14(2)11-12-15-9-6-7-10-15/h1,14-16H,4-13H2,2H3. The van der Waals surface area contributed by atoms with Gasteiger partial charge in [0.15, 0.2) is 0 Å². The Labute approximate surface area is 101 Å². The molecule has 1 atom stereocenters. The minimum atomic E-state index is 0.687. The monoisotopic (exact) mass is 221 g/mol. The summed E-state index contributed by atoms with van der Waals surface area (Å²) in [4.78, 5) is 0. The zero-order valence-corrected chi connectivity index (χ0v) is 10.8. The van der Waals surface area contributed by atoms with Crippen molar-refractivity contribution >= 4 is 0 Å². The number of rotatable bonds is 8. The fourth-order valence-corrected chi connectivity index (χ4v) is 2.59. The molecule has 1 N–H and O–H groups in total. The Balaban J connectivity index is 1.90. The largest absolute Gasteiger partial charge is 0.314 e. The van der Waals surface area contributed by atoms with E-state index in [9.17, 15) is 0 Å². The molecule has 1 fully saturated rings.